The molecule has 1 aliphatic carbocycles. The van der Waals surface area contributed by atoms with Crippen molar-refractivity contribution in [2.45, 2.75) is 31.8 Å². The summed E-state index contributed by atoms with van der Waals surface area (Å²) < 4.78 is 0. The Balaban J connectivity index is 1.70. The smallest absolute Gasteiger partial charge is 0.255 e. The van der Waals surface area contributed by atoms with E-state index in [-0.39, 0.29) is 5.91 Å². The largest absolute Gasteiger partial charge is 0.367 e. The Morgan fingerprint density at radius 1 is 1.33 bits per heavy atom. The van der Waals surface area contributed by atoms with Gasteiger partial charge in [-0.1, -0.05) is 6.07 Å². The van der Waals surface area contributed by atoms with Crippen molar-refractivity contribution in [3.63, 3.8) is 0 Å². The van der Waals surface area contributed by atoms with Gasteiger partial charge in [0.15, 0.2) is 0 Å². The van der Waals surface area contributed by atoms with Crippen molar-refractivity contribution in [3.8, 4) is 6.07 Å². The molecule has 2 heterocycles. The maximum absolute atomic E-state index is 12.7. The van der Waals surface area contributed by atoms with Crippen LogP contribution in [0.5, 0.6) is 0 Å². The Kier molecular flexibility index (Phi) is 5.02. The Hall–Kier alpha value is -2.94. The van der Waals surface area contributed by atoms with Gasteiger partial charge in [-0.3, -0.25) is 9.78 Å². The highest BCUT2D eigenvalue weighted by Gasteiger charge is 2.21. The fourth-order valence-electron chi connectivity index (χ4n) is 2.37. The van der Waals surface area contributed by atoms with Gasteiger partial charge in [-0.15, -0.1) is 0 Å². The molecule has 6 heteroatoms. The molecule has 0 atom stereocenters. The summed E-state index contributed by atoms with van der Waals surface area (Å²) in [6, 6.07) is 9.98. The van der Waals surface area contributed by atoms with Crippen LogP contribution in [0.15, 0.2) is 42.9 Å². The van der Waals surface area contributed by atoms with E-state index in [4.69, 9.17) is 5.26 Å². The molecule has 1 saturated carbocycles. The summed E-state index contributed by atoms with van der Waals surface area (Å²) in [4.78, 5) is 22.8. The summed E-state index contributed by atoms with van der Waals surface area (Å²) in [5.41, 5.74) is 1.46. The molecular weight excluding hydrogens is 302 g/mol. The van der Waals surface area contributed by atoms with Crippen molar-refractivity contribution >= 4 is 11.7 Å². The number of hydrogen-bond donors (Lipinski definition) is 1. The topological polar surface area (TPSA) is 81.9 Å². The van der Waals surface area contributed by atoms with Crippen LogP contribution in [0.3, 0.4) is 0 Å². The number of amides is 1. The Labute approximate surface area is 141 Å². The van der Waals surface area contributed by atoms with Gasteiger partial charge in [0.25, 0.3) is 5.91 Å². The molecule has 0 unspecified atom stereocenters. The number of nitrogens with one attached hydrogen (secondary N) is 1. The third-order valence-electron chi connectivity index (χ3n) is 3.82. The number of anilines is 1. The molecule has 24 heavy (non-hydrogen) atoms. The first kappa shape index (κ1) is 15.9. The first-order valence-corrected chi connectivity index (χ1v) is 8.04. The van der Waals surface area contributed by atoms with Crippen LogP contribution in [-0.2, 0) is 6.54 Å². The minimum absolute atomic E-state index is 0.125. The van der Waals surface area contributed by atoms with Crippen LogP contribution in [0.4, 0.5) is 5.82 Å². The molecule has 6 nitrogen and oxygen atoms in total. The standard InChI is InChI=1S/C18H19N5O/c19-8-2-10-23(13-14-3-1-9-20-11-14)18(24)15-4-7-17(21-12-15)22-16-5-6-16/h1,3-4,7,9,11-12,16H,2,5-6,10,13H2,(H,21,22). The minimum Gasteiger partial charge on any atom is -0.367 e. The van der Waals surface area contributed by atoms with Crippen LogP contribution in [0, 0.1) is 11.3 Å². The molecule has 2 aromatic rings. The summed E-state index contributed by atoms with van der Waals surface area (Å²) in [5, 5.41) is 12.1. The highest BCUT2D eigenvalue weighted by atomic mass is 16.2. The van der Waals surface area contributed by atoms with Gasteiger partial charge in [-0.25, -0.2) is 4.98 Å². The van der Waals surface area contributed by atoms with Crippen molar-refractivity contribution in [2.75, 3.05) is 11.9 Å². The van der Waals surface area contributed by atoms with Crippen molar-refractivity contribution in [1.29, 1.82) is 5.26 Å². The molecule has 1 fully saturated rings. The van der Waals surface area contributed by atoms with Crippen LogP contribution < -0.4 is 5.32 Å². The molecule has 0 radical (unpaired) electrons. The van der Waals surface area contributed by atoms with Gasteiger partial charge in [0.2, 0.25) is 0 Å². The monoisotopic (exact) mass is 321 g/mol. The van der Waals surface area contributed by atoms with E-state index in [2.05, 4.69) is 21.4 Å². The Morgan fingerprint density at radius 3 is 2.83 bits per heavy atom. The molecule has 0 aliphatic heterocycles. The Morgan fingerprint density at radius 2 is 2.21 bits per heavy atom. The van der Waals surface area contributed by atoms with E-state index in [9.17, 15) is 4.79 Å². The van der Waals surface area contributed by atoms with E-state index in [1.807, 2.05) is 18.2 Å². The van der Waals surface area contributed by atoms with Crippen molar-refractivity contribution in [1.82, 2.24) is 14.9 Å². The predicted octanol–water partition coefficient (Wildman–Crippen LogP) is 2.61. The van der Waals surface area contributed by atoms with Gasteiger partial charge in [-0.05, 0) is 36.6 Å². The van der Waals surface area contributed by atoms with E-state index in [0.717, 1.165) is 11.4 Å². The summed E-state index contributed by atoms with van der Waals surface area (Å²) >= 11 is 0. The van der Waals surface area contributed by atoms with Crippen LogP contribution in [0.1, 0.15) is 35.2 Å². The zero-order valence-corrected chi connectivity index (χ0v) is 13.4. The quantitative estimate of drug-likeness (QED) is 0.847. The summed E-state index contributed by atoms with van der Waals surface area (Å²) in [5.74, 6) is 0.671. The molecular formula is C18H19N5O. The molecule has 122 valence electrons. The van der Waals surface area contributed by atoms with Crippen molar-refractivity contribution in [2.24, 2.45) is 0 Å². The average molecular weight is 321 g/mol. The zero-order valence-electron chi connectivity index (χ0n) is 13.4. The zero-order chi connectivity index (χ0) is 16.8. The van der Waals surface area contributed by atoms with E-state index in [1.54, 1.807) is 29.6 Å². The second-order valence-electron chi connectivity index (χ2n) is 5.85. The van der Waals surface area contributed by atoms with Crippen LogP contribution >= 0.6 is 0 Å². The molecule has 1 amide bonds. The average Bonchev–Trinajstić information content (AvgIpc) is 3.43. The molecule has 0 spiro atoms. The molecule has 1 aliphatic rings. The summed E-state index contributed by atoms with van der Waals surface area (Å²) in [6.07, 6.45) is 7.66. The molecule has 0 bridgehead atoms. The number of pyridine rings is 2. The van der Waals surface area contributed by atoms with Gasteiger partial charge in [-0.2, -0.15) is 5.26 Å². The minimum atomic E-state index is -0.125. The molecule has 1 N–H and O–H groups in total. The number of hydrogen-bond acceptors (Lipinski definition) is 5. The molecule has 2 aromatic heterocycles. The molecule has 3 rings (SSSR count). The lowest BCUT2D eigenvalue weighted by Crippen LogP contribution is -2.31. The second-order valence-corrected chi connectivity index (χ2v) is 5.85. The highest BCUT2D eigenvalue weighted by Crippen LogP contribution is 2.23. The van der Waals surface area contributed by atoms with Gasteiger partial charge >= 0.3 is 0 Å². The van der Waals surface area contributed by atoms with Crippen LogP contribution in [0.25, 0.3) is 0 Å². The number of nitriles is 1. The lowest BCUT2D eigenvalue weighted by atomic mass is 10.2. The maximum atomic E-state index is 12.7. The van der Waals surface area contributed by atoms with Gasteiger partial charge in [0, 0.05) is 37.7 Å². The fraction of sp³-hybridized carbons (Fsp3) is 0.333. The second kappa shape index (κ2) is 7.55. The third kappa shape index (κ3) is 4.29. The Bertz CT molecular complexity index is 719. The number of nitrogens with zero attached hydrogens (tertiary/aromatic N) is 4. The maximum Gasteiger partial charge on any atom is 0.255 e. The van der Waals surface area contributed by atoms with Crippen molar-refractivity contribution in [3.05, 3.63) is 54.0 Å². The number of rotatable bonds is 7. The first-order chi connectivity index (χ1) is 11.8. The fourth-order valence-corrected chi connectivity index (χ4v) is 2.37. The lowest BCUT2D eigenvalue weighted by Gasteiger charge is -2.21. The summed E-state index contributed by atoms with van der Waals surface area (Å²) in [6.45, 7) is 0.808. The summed E-state index contributed by atoms with van der Waals surface area (Å²) in [7, 11) is 0. The predicted molar refractivity (Wildman–Crippen MR) is 90.1 cm³/mol. The van der Waals surface area contributed by atoms with Gasteiger partial charge in [0.1, 0.15) is 5.82 Å². The van der Waals surface area contributed by atoms with E-state index >= 15 is 0 Å². The first-order valence-electron chi connectivity index (χ1n) is 8.04. The highest BCUT2D eigenvalue weighted by molar-refractivity contribution is 5.94. The van der Waals surface area contributed by atoms with Crippen molar-refractivity contribution < 1.29 is 4.79 Å². The van der Waals surface area contributed by atoms with E-state index in [0.29, 0.717) is 31.1 Å². The molecule has 0 aromatic carbocycles. The number of aromatic nitrogens is 2. The van der Waals surface area contributed by atoms with Crippen LogP contribution in [0.2, 0.25) is 0 Å². The number of carbonyl (C=O) groups is 1. The third-order valence-corrected chi connectivity index (χ3v) is 3.82. The van der Waals surface area contributed by atoms with Gasteiger partial charge < -0.3 is 10.2 Å². The normalized spacial score (nSPS) is 13.1. The van der Waals surface area contributed by atoms with E-state index < -0.39 is 0 Å². The molecule has 0 saturated heterocycles. The SMILES string of the molecule is N#CCCN(Cc1cccnc1)C(=O)c1ccc(NC2CC2)nc1. The van der Waals surface area contributed by atoms with Gasteiger partial charge in [0.05, 0.1) is 18.1 Å². The van der Waals surface area contributed by atoms with Crippen LogP contribution in [-0.4, -0.2) is 33.4 Å². The van der Waals surface area contributed by atoms with E-state index in [1.165, 1.54) is 12.8 Å². The lowest BCUT2D eigenvalue weighted by molar-refractivity contribution is 0.0746. The number of carbonyl (C=O) groups excluding carboxylic acids is 1.